The Kier molecular flexibility index (Phi) is 2.33. The minimum absolute atomic E-state index is 0.0889. The van der Waals surface area contributed by atoms with Crippen LogP contribution in [-0.4, -0.2) is 20.5 Å². The van der Waals surface area contributed by atoms with Gasteiger partial charge < -0.3 is 0 Å². The summed E-state index contributed by atoms with van der Waals surface area (Å²) >= 11 is 0. The first-order valence-electron chi connectivity index (χ1n) is 4.66. The molecule has 4 heteroatoms. The maximum absolute atomic E-state index is 11.3. The Morgan fingerprint density at radius 1 is 1.40 bits per heavy atom. The van der Waals surface area contributed by atoms with Crippen molar-refractivity contribution in [1.82, 2.24) is 14.8 Å². The largest absolute Gasteiger partial charge is 0.291 e. The Balaban J connectivity index is 2.54. The van der Waals surface area contributed by atoms with E-state index < -0.39 is 0 Å². The molecule has 0 bridgehead atoms. The molecule has 0 amide bonds. The smallest absolute Gasteiger partial charge is 0.199 e. The third-order valence-electron chi connectivity index (χ3n) is 2.11. The van der Waals surface area contributed by atoms with E-state index in [1.807, 2.05) is 31.2 Å². The summed E-state index contributed by atoms with van der Waals surface area (Å²) in [6, 6.07) is 7.78. The second kappa shape index (κ2) is 3.65. The molecule has 0 saturated heterocycles. The van der Waals surface area contributed by atoms with Gasteiger partial charge in [-0.3, -0.25) is 4.79 Å². The summed E-state index contributed by atoms with van der Waals surface area (Å²) in [4.78, 5) is 15.2. The highest BCUT2D eigenvalue weighted by Crippen LogP contribution is 2.10. The van der Waals surface area contributed by atoms with Gasteiger partial charge in [-0.2, -0.15) is 5.10 Å². The zero-order valence-corrected chi connectivity index (χ0v) is 8.64. The summed E-state index contributed by atoms with van der Waals surface area (Å²) in [5.41, 5.74) is 1.98. The quantitative estimate of drug-likeness (QED) is 0.696. The first-order valence-corrected chi connectivity index (χ1v) is 4.66. The van der Waals surface area contributed by atoms with Crippen LogP contribution in [0.4, 0.5) is 0 Å². The summed E-state index contributed by atoms with van der Waals surface area (Å²) < 4.78 is 1.55. The van der Waals surface area contributed by atoms with E-state index in [4.69, 9.17) is 0 Å². The topological polar surface area (TPSA) is 47.8 Å². The molecule has 1 aromatic heterocycles. The van der Waals surface area contributed by atoms with Crippen LogP contribution in [0.1, 0.15) is 23.1 Å². The lowest BCUT2D eigenvalue weighted by molar-refractivity contribution is 0.100. The highest BCUT2D eigenvalue weighted by Gasteiger charge is 2.10. The molecule has 0 aliphatic heterocycles. The van der Waals surface area contributed by atoms with E-state index in [1.165, 1.54) is 13.3 Å². The van der Waals surface area contributed by atoms with E-state index in [-0.39, 0.29) is 5.78 Å². The lowest BCUT2D eigenvalue weighted by Crippen LogP contribution is -2.07. The summed E-state index contributed by atoms with van der Waals surface area (Å²) in [6.07, 6.45) is 1.39. The molecule has 0 unspecified atom stereocenters. The van der Waals surface area contributed by atoms with E-state index in [9.17, 15) is 4.79 Å². The third kappa shape index (κ3) is 1.79. The molecule has 15 heavy (non-hydrogen) atoms. The van der Waals surface area contributed by atoms with Crippen molar-refractivity contribution in [3.05, 3.63) is 42.0 Å². The van der Waals surface area contributed by atoms with Gasteiger partial charge in [0.1, 0.15) is 6.33 Å². The number of nitrogens with zero attached hydrogens (tertiary/aromatic N) is 3. The predicted octanol–water partition coefficient (Wildman–Crippen LogP) is 1.78. The fraction of sp³-hybridized carbons (Fsp3) is 0.182. The average Bonchev–Trinajstić information content (AvgIpc) is 2.65. The number of aromatic nitrogens is 3. The summed E-state index contributed by atoms with van der Waals surface area (Å²) in [5, 5.41) is 4.03. The van der Waals surface area contributed by atoms with Crippen molar-refractivity contribution in [2.75, 3.05) is 0 Å². The van der Waals surface area contributed by atoms with Gasteiger partial charge in [-0.05, 0) is 24.6 Å². The zero-order valence-electron chi connectivity index (χ0n) is 8.64. The van der Waals surface area contributed by atoms with Crippen LogP contribution >= 0.6 is 0 Å². The molecule has 1 aromatic carbocycles. The van der Waals surface area contributed by atoms with Crippen LogP contribution in [0.5, 0.6) is 0 Å². The van der Waals surface area contributed by atoms with Crippen molar-refractivity contribution in [3.63, 3.8) is 0 Å². The fourth-order valence-corrected chi connectivity index (χ4v) is 1.43. The molecular weight excluding hydrogens is 190 g/mol. The van der Waals surface area contributed by atoms with E-state index >= 15 is 0 Å². The number of hydrogen-bond donors (Lipinski definition) is 0. The molecule has 0 N–H and O–H groups in total. The number of rotatable bonds is 2. The van der Waals surface area contributed by atoms with Gasteiger partial charge in [-0.15, -0.1) is 0 Å². The lowest BCUT2D eigenvalue weighted by atomic mass is 10.2. The van der Waals surface area contributed by atoms with Gasteiger partial charge in [0.2, 0.25) is 0 Å². The monoisotopic (exact) mass is 201 g/mol. The van der Waals surface area contributed by atoms with Crippen LogP contribution in [0.2, 0.25) is 0 Å². The second-order valence-corrected chi connectivity index (χ2v) is 3.39. The van der Waals surface area contributed by atoms with Crippen molar-refractivity contribution in [2.24, 2.45) is 0 Å². The Labute approximate surface area is 87.6 Å². The molecule has 0 saturated carbocycles. The molecule has 0 atom stereocenters. The van der Waals surface area contributed by atoms with Crippen molar-refractivity contribution < 1.29 is 4.79 Å². The highest BCUT2D eigenvalue weighted by molar-refractivity contribution is 5.90. The molecule has 0 aliphatic rings. The van der Waals surface area contributed by atoms with Gasteiger partial charge in [0.25, 0.3) is 0 Å². The number of hydrogen-bond acceptors (Lipinski definition) is 3. The van der Waals surface area contributed by atoms with Crippen molar-refractivity contribution >= 4 is 5.78 Å². The molecule has 4 nitrogen and oxygen atoms in total. The maximum atomic E-state index is 11.3. The summed E-state index contributed by atoms with van der Waals surface area (Å²) in [7, 11) is 0. The van der Waals surface area contributed by atoms with Crippen molar-refractivity contribution in [1.29, 1.82) is 0 Å². The number of aryl methyl sites for hydroxylation is 1. The number of carbonyl (C=O) groups is 1. The van der Waals surface area contributed by atoms with Gasteiger partial charge in [0.15, 0.2) is 11.6 Å². The molecule has 0 fully saturated rings. The number of carbonyl (C=O) groups excluding carboxylic acids is 1. The molecule has 2 aromatic rings. The van der Waals surface area contributed by atoms with Crippen LogP contribution in [0.15, 0.2) is 30.6 Å². The van der Waals surface area contributed by atoms with E-state index in [2.05, 4.69) is 10.1 Å². The number of ketones is 1. The first-order chi connectivity index (χ1) is 7.18. The standard InChI is InChI=1S/C11H11N3O/c1-8-4-3-5-10(6-8)14-11(9(2)15)12-7-13-14/h3-7H,1-2H3. The molecule has 76 valence electrons. The van der Waals surface area contributed by atoms with Crippen LogP contribution in [0.3, 0.4) is 0 Å². The average molecular weight is 201 g/mol. The van der Waals surface area contributed by atoms with Crippen LogP contribution in [0, 0.1) is 6.92 Å². The second-order valence-electron chi connectivity index (χ2n) is 3.39. The Hall–Kier alpha value is -1.97. The number of benzene rings is 1. The van der Waals surface area contributed by atoms with Crippen LogP contribution < -0.4 is 0 Å². The Bertz CT molecular complexity index is 502. The van der Waals surface area contributed by atoms with Gasteiger partial charge in [0.05, 0.1) is 5.69 Å². The summed E-state index contributed by atoms with van der Waals surface area (Å²) in [6.45, 7) is 3.48. The molecule has 2 rings (SSSR count). The van der Waals surface area contributed by atoms with Crippen molar-refractivity contribution in [3.8, 4) is 5.69 Å². The fourth-order valence-electron chi connectivity index (χ4n) is 1.43. The van der Waals surface area contributed by atoms with Gasteiger partial charge in [0, 0.05) is 6.92 Å². The van der Waals surface area contributed by atoms with Gasteiger partial charge >= 0.3 is 0 Å². The van der Waals surface area contributed by atoms with Crippen molar-refractivity contribution in [2.45, 2.75) is 13.8 Å². The predicted molar refractivity (Wildman–Crippen MR) is 56.1 cm³/mol. The van der Waals surface area contributed by atoms with E-state index in [0.29, 0.717) is 5.82 Å². The minimum Gasteiger partial charge on any atom is -0.291 e. The van der Waals surface area contributed by atoms with Crippen LogP contribution in [-0.2, 0) is 0 Å². The molecule has 1 heterocycles. The Morgan fingerprint density at radius 2 is 2.20 bits per heavy atom. The van der Waals surface area contributed by atoms with E-state index in [0.717, 1.165) is 11.3 Å². The zero-order chi connectivity index (χ0) is 10.8. The van der Waals surface area contributed by atoms with Crippen LogP contribution in [0.25, 0.3) is 5.69 Å². The third-order valence-corrected chi connectivity index (χ3v) is 2.11. The van der Waals surface area contributed by atoms with Gasteiger partial charge in [-0.25, -0.2) is 9.67 Å². The molecule has 0 aliphatic carbocycles. The molecule has 0 radical (unpaired) electrons. The SMILES string of the molecule is CC(=O)c1ncnn1-c1cccc(C)c1. The van der Waals surface area contributed by atoms with E-state index in [1.54, 1.807) is 4.68 Å². The minimum atomic E-state index is -0.0889. The highest BCUT2D eigenvalue weighted by atomic mass is 16.1. The first kappa shape index (κ1) is 9.58. The lowest BCUT2D eigenvalue weighted by Gasteiger charge is -2.03. The molecular formula is C11H11N3O. The number of Topliss-reactive ketones (excluding diaryl/α,β-unsaturated/α-hetero) is 1. The summed E-state index contributed by atoms with van der Waals surface area (Å²) in [5.74, 6) is 0.273. The molecule has 0 spiro atoms. The normalized spacial score (nSPS) is 10.3. The Morgan fingerprint density at radius 3 is 2.87 bits per heavy atom. The van der Waals surface area contributed by atoms with Gasteiger partial charge in [-0.1, -0.05) is 12.1 Å². The maximum Gasteiger partial charge on any atom is 0.199 e.